The SMILES string of the molecule is CNCc1ccnc(OC)c1OC. The van der Waals surface area contributed by atoms with Crippen molar-refractivity contribution < 1.29 is 9.47 Å². The number of rotatable bonds is 4. The van der Waals surface area contributed by atoms with Crippen LogP contribution in [0.1, 0.15) is 5.56 Å². The van der Waals surface area contributed by atoms with Crippen molar-refractivity contribution in [3.63, 3.8) is 0 Å². The van der Waals surface area contributed by atoms with E-state index in [4.69, 9.17) is 9.47 Å². The first-order valence-electron chi connectivity index (χ1n) is 4.04. The third-order valence-corrected chi connectivity index (χ3v) is 1.72. The van der Waals surface area contributed by atoms with Crippen LogP contribution >= 0.6 is 0 Å². The summed E-state index contributed by atoms with van der Waals surface area (Å²) in [5.74, 6) is 1.22. The van der Waals surface area contributed by atoms with Gasteiger partial charge in [0.15, 0.2) is 5.75 Å². The smallest absolute Gasteiger partial charge is 0.257 e. The zero-order valence-corrected chi connectivity index (χ0v) is 8.13. The van der Waals surface area contributed by atoms with Crippen LogP contribution in [-0.2, 0) is 6.54 Å². The Morgan fingerprint density at radius 3 is 2.69 bits per heavy atom. The van der Waals surface area contributed by atoms with Crippen LogP contribution in [0.5, 0.6) is 11.6 Å². The van der Waals surface area contributed by atoms with Crippen molar-refractivity contribution in [2.75, 3.05) is 21.3 Å². The molecule has 0 spiro atoms. The predicted molar refractivity (Wildman–Crippen MR) is 50.1 cm³/mol. The van der Waals surface area contributed by atoms with Crippen molar-refractivity contribution in [3.05, 3.63) is 17.8 Å². The summed E-state index contributed by atoms with van der Waals surface area (Å²) in [6, 6.07) is 1.90. The second kappa shape index (κ2) is 4.67. The Bertz CT molecular complexity index is 276. The lowest BCUT2D eigenvalue weighted by molar-refractivity contribution is 0.339. The van der Waals surface area contributed by atoms with E-state index in [-0.39, 0.29) is 0 Å². The quantitative estimate of drug-likeness (QED) is 0.748. The normalized spacial score (nSPS) is 9.77. The number of aromatic nitrogens is 1. The average Bonchev–Trinajstić information content (AvgIpc) is 2.18. The van der Waals surface area contributed by atoms with Crippen LogP contribution < -0.4 is 14.8 Å². The van der Waals surface area contributed by atoms with Gasteiger partial charge in [0.2, 0.25) is 0 Å². The fourth-order valence-electron chi connectivity index (χ4n) is 1.16. The van der Waals surface area contributed by atoms with Crippen LogP contribution in [0.25, 0.3) is 0 Å². The minimum absolute atomic E-state index is 0.523. The van der Waals surface area contributed by atoms with E-state index in [0.717, 1.165) is 12.1 Å². The summed E-state index contributed by atoms with van der Waals surface area (Å²) in [5, 5.41) is 3.05. The molecule has 1 N–H and O–H groups in total. The van der Waals surface area contributed by atoms with Gasteiger partial charge in [0.1, 0.15) is 0 Å². The standard InChI is InChI=1S/C9H14N2O2/c1-10-6-7-4-5-11-9(13-3)8(7)12-2/h4-5,10H,6H2,1-3H3. The van der Waals surface area contributed by atoms with Crippen LogP contribution in [-0.4, -0.2) is 26.3 Å². The van der Waals surface area contributed by atoms with Crippen molar-refractivity contribution in [1.29, 1.82) is 0 Å². The van der Waals surface area contributed by atoms with E-state index in [9.17, 15) is 0 Å². The molecular formula is C9H14N2O2. The number of methoxy groups -OCH3 is 2. The Hall–Kier alpha value is -1.29. The summed E-state index contributed by atoms with van der Waals surface area (Å²) in [5.41, 5.74) is 1.04. The summed E-state index contributed by atoms with van der Waals surface area (Å²) in [7, 11) is 5.07. The zero-order chi connectivity index (χ0) is 9.68. The molecule has 0 saturated heterocycles. The molecule has 0 fully saturated rings. The Morgan fingerprint density at radius 1 is 1.38 bits per heavy atom. The van der Waals surface area contributed by atoms with Gasteiger partial charge in [-0.25, -0.2) is 4.98 Å². The number of nitrogens with one attached hydrogen (secondary N) is 1. The van der Waals surface area contributed by atoms with E-state index in [0.29, 0.717) is 11.6 Å². The number of nitrogens with zero attached hydrogens (tertiary/aromatic N) is 1. The van der Waals surface area contributed by atoms with E-state index in [1.54, 1.807) is 20.4 Å². The summed E-state index contributed by atoms with van der Waals surface area (Å²) in [6.07, 6.45) is 1.70. The largest absolute Gasteiger partial charge is 0.491 e. The van der Waals surface area contributed by atoms with Crippen molar-refractivity contribution in [1.82, 2.24) is 10.3 Å². The first-order valence-corrected chi connectivity index (χ1v) is 4.04. The van der Waals surface area contributed by atoms with Gasteiger partial charge < -0.3 is 14.8 Å². The zero-order valence-electron chi connectivity index (χ0n) is 8.13. The van der Waals surface area contributed by atoms with Gasteiger partial charge in [0, 0.05) is 18.3 Å². The molecule has 1 aromatic rings. The fourth-order valence-corrected chi connectivity index (χ4v) is 1.16. The fraction of sp³-hybridized carbons (Fsp3) is 0.444. The lowest BCUT2D eigenvalue weighted by Gasteiger charge is -2.10. The lowest BCUT2D eigenvalue weighted by Crippen LogP contribution is -2.07. The van der Waals surface area contributed by atoms with E-state index in [1.807, 2.05) is 13.1 Å². The average molecular weight is 182 g/mol. The summed E-state index contributed by atoms with van der Waals surface area (Å²) in [4.78, 5) is 4.04. The van der Waals surface area contributed by atoms with Gasteiger partial charge in [0.25, 0.3) is 5.88 Å². The van der Waals surface area contributed by atoms with Gasteiger partial charge in [-0.05, 0) is 13.1 Å². The predicted octanol–water partition coefficient (Wildman–Crippen LogP) is 0.818. The minimum atomic E-state index is 0.523. The van der Waals surface area contributed by atoms with E-state index >= 15 is 0 Å². The molecule has 13 heavy (non-hydrogen) atoms. The maximum absolute atomic E-state index is 5.19. The maximum Gasteiger partial charge on any atom is 0.257 e. The molecule has 0 aliphatic rings. The van der Waals surface area contributed by atoms with Crippen molar-refractivity contribution in [2.24, 2.45) is 0 Å². The summed E-state index contributed by atoms with van der Waals surface area (Å²) in [6.45, 7) is 0.738. The lowest BCUT2D eigenvalue weighted by atomic mass is 10.2. The molecule has 0 bridgehead atoms. The molecule has 1 aromatic heterocycles. The molecule has 0 unspecified atom stereocenters. The van der Waals surface area contributed by atoms with Crippen LogP contribution in [0.4, 0.5) is 0 Å². The van der Waals surface area contributed by atoms with Gasteiger partial charge in [-0.15, -0.1) is 0 Å². The molecule has 0 saturated carbocycles. The maximum atomic E-state index is 5.19. The van der Waals surface area contributed by atoms with Crippen LogP contribution in [0.15, 0.2) is 12.3 Å². The molecule has 0 amide bonds. The number of hydrogen-bond acceptors (Lipinski definition) is 4. The summed E-state index contributed by atoms with van der Waals surface area (Å²) < 4.78 is 10.3. The first-order chi connectivity index (χ1) is 6.33. The molecule has 72 valence electrons. The molecule has 4 nitrogen and oxygen atoms in total. The molecule has 0 aromatic carbocycles. The Kier molecular flexibility index (Phi) is 3.52. The van der Waals surface area contributed by atoms with Crippen LogP contribution in [0, 0.1) is 0 Å². The van der Waals surface area contributed by atoms with Gasteiger partial charge >= 0.3 is 0 Å². The topological polar surface area (TPSA) is 43.4 Å². The molecule has 0 atom stereocenters. The molecule has 0 aliphatic heterocycles. The first kappa shape index (κ1) is 9.80. The van der Waals surface area contributed by atoms with Crippen molar-refractivity contribution in [3.8, 4) is 11.6 Å². The van der Waals surface area contributed by atoms with Gasteiger partial charge in [-0.2, -0.15) is 0 Å². The third-order valence-electron chi connectivity index (χ3n) is 1.72. The Balaban J connectivity index is 3.03. The van der Waals surface area contributed by atoms with E-state index < -0.39 is 0 Å². The van der Waals surface area contributed by atoms with Gasteiger partial charge in [-0.1, -0.05) is 0 Å². The number of ether oxygens (including phenoxy) is 2. The van der Waals surface area contributed by atoms with Crippen molar-refractivity contribution >= 4 is 0 Å². The van der Waals surface area contributed by atoms with Crippen LogP contribution in [0.2, 0.25) is 0 Å². The highest BCUT2D eigenvalue weighted by atomic mass is 16.5. The second-order valence-corrected chi connectivity index (χ2v) is 2.54. The van der Waals surface area contributed by atoms with E-state index in [2.05, 4.69) is 10.3 Å². The van der Waals surface area contributed by atoms with Gasteiger partial charge in [-0.3, -0.25) is 0 Å². The van der Waals surface area contributed by atoms with E-state index in [1.165, 1.54) is 0 Å². The highest BCUT2D eigenvalue weighted by Crippen LogP contribution is 2.27. The molecule has 1 rings (SSSR count). The Morgan fingerprint density at radius 2 is 2.15 bits per heavy atom. The Labute approximate surface area is 77.9 Å². The number of pyridine rings is 1. The molecule has 0 radical (unpaired) electrons. The second-order valence-electron chi connectivity index (χ2n) is 2.54. The van der Waals surface area contributed by atoms with Gasteiger partial charge in [0.05, 0.1) is 14.2 Å². The minimum Gasteiger partial charge on any atom is -0.491 e. The monoisotopic (exact) mass is 182 g/mol. The molecule has 1 heterocycles. The third kappa shape index (κ3) is 2.09. The molecule has 0 aliphatic carbocycles. The van der Waals surface area contributed by atoms with Crippen molar-refractivity contribution in [2.45, 2.75) is 6.54 Å². The van der Waals surface area contributed by atoms with Crippen LogP contribution in [0.3, 0.4) is 0 Å². The number of hydrogen-bond donors (Lipinski definition) is 1. The highest BCUT2D eigenvalue weighted by Gasteiger charge is 2.09. The highest BCUT2D eigenvalue weighted by molar-refractivity contribution is 5.41. The molecular weight excluding hydrogens is 168 g/mol. The summed E-state index contributed by atoms with van der Waals surface area (Å²) >= 11 is 0. The molecule has 4 heteroatoms.